The lowest BCUT2D eigenvalue weighted by atomic mass is 9.98. The third kappa shape index (κ3) is 6.83. The van der Waals surface area contributed by atoms with Gasteiger partial charge in [0, 0.05) is 25.6 Å². The van der Waals surface area contributed by atoms with Crippen molar-refractivity contribution in [2.75, 3.05) is 32.9 Å². The maximum Gasteiger partial charge on any atom is 0.410 e. The van der Waals surface area contributed by atoms with Crippen LogP contribution < -0.4 is 5.32 Å². The first-order chi connectivity index (χ1) is 18.1. The maximum atomic E-state index is 12.5. The molecule has 9 nitrogen and oxygen atoms in total. The first kappa shape index (κ1) is 27.4. The SMILES string of the molecule is CC(C)(C)OC(=O)N1CCC(COC[C@H](NC(=O)OCC2c3ccccc3-c3ccccc32)C(=O)O)CC1. The van der Waals surface area contributed by atoms with Gasteiger partial charge in [-0.25, -0.2) is 14.4 Å². The van der Waals surface area contributed by atoms with Crippen LogP contribution in [-0.4, -0.2) is 72.7 Å². The molecule has 38 heavy (non-hydrogen) atoms. The molecule has 0 spiro atoms. The minimum absolute atomic E-state index is 0.100. The number of nitrogens with zero attached hydrogens (tertiary/aromatic N) is 1. The molecule has 9 heteroatoms. The Labute approximate surface area is 223 Å². The molecule has 1 atom stereocenters. The molecule has 1 heterocycles. The smallest absolute Gasteiger partial charge is 0.410 e. The predicted molar refractivity (Wildman–Crippen MR) is 141 cm³/mol. The molecule has 2 aromatic rings. The second-order valence-electron chi connectivity index (χ2n) is 10.8. The molecule has 2 N–H and O–H groups in total. The topological polar surface area (TPSA) is 114 Å². The Hall–Kier alpha value is -3.59. The number of nitrogens with one attached hydrogen (secondary N) is 1. The monoisotopic (exact) mass is 524 g/mol. The number of likely N-dealkylation sites (tertiary alicyclic amines) is 1. The van der Waals surface area contributed by atoms with Gasteiger partial charge in [-0.1, -0.05) is 48.5 Å². The Morgan fingerprint density at radius 2 is 1.55 bits per heavy atom. The van der Waals surface area contributed by atoms with Crippen molar-refractivity contribution in [2.45, 2.75) is 51.2 Å². The minimum atomic E-state index is -1.23. The highest BCUT2D eigenvalue weighted by molar-refractivity contribution is 5.81. The number of rotatable bonds is 8. The van der Waals surface area contributed by atoms with Crippen molar-refractivity contribution in [2.24, 2.45) is 5.92 Å². The normalized spacial score (nSPS) is 16.3. The quantitative estimate of drug-likeness (QED) is 0.517. The zero-order valence-electron chi connectivity index (χ0n) is 22.1. The molecule has 2 aliphatic rings. The van der Waals surface area contributed by atoms with E-state index >= 15 is 0 Å². The van der Waals surface area contributed by atoms with Gasteiger partial charge in [-0.05, 0) is 61.8 Å². The molecule has 1 aliphatic carbocycles. The van der Waals surface area contributed by atoms with Gasteiger partial charge in [0.2, 0.25) is 0 Å². The van der Waals surface area contributed by atoms with Crippen molar-refractivity contribution in [1.82, 2.24) is 10.2 Å². The fraction of sp³-hybridized carbons (Fsp3) is 0.483. The van der Waals surface area contributed by atoms with Gasteiger partial charge in [-0.3, -0.25) is 0 Å². The van der Waals surface area contributed by atoms with Gasteiger partial charge in [0.05, 0.1) is 6.61 Å². The number of carbonyl (C=O) groups excluding carboxylic acids is 2. The van der Waals surface area contributed by atoms with Crippen LogP contribution in [0.2, 0.25) is 0 Å². The summed E-state index contributed by atoms with van der Waals surface area (Å²) in [6.07, 6.45) is 0.344. The van der Waals surface area contributed by atoms with E-state index < -0.39 is 23.7 Å². The van der Waals surface area contributed by atoms with Gasteiger partial charge < -0.3 is 29.5 Å². The van der Waals surface area contributed by atoms with E-state index in [2.05, 4.69) is 5.32 Å². The van der Waals surface area contributed by atoms with Gasteiger partial charge in [-0.15, -0.1) is 0 Å². The minimum Gasteiger partial charge on any atom is -0.480 e. The predicted octanol–water partition coefficient (Wildman–Crippen LogP) is 4.64. The van der Waals surface area contributed by atoms with Crippen LogP contribution in [0.25, 0.3) is 11.1 Å². The molecule has 1 aliphatic heterocycles. The van der Waals surface area contributed by atoms with Gasteiger partial charge >= 0.3 is 18.2 Å². The Morgan fingerprint density at radius 1 is 0.974 bits per heavy atom. The number of alkyl carbamates (subject to hydrolysis) is 1. The number of fused-ring (bicyclic) bond motifs is 3. The Balaban J connectivity index is 1.22. The van der Waals surface area contributed by atoms with Gasteiger partial charge in [0.1, 0.15) is 12.2 Å². The molecule has 0 bridgehead atoms. The summed E-state index contributed by atoms with van der Waals surface area (Å²) in [6.45, 7) is 6.89. The number of hydrogen-bond acceptors (Lipinski definition) is 6. The van der Waals surface area contributed by atoms with Crippen LogP contribution in [0.1, 0.15) is 50.7 Å². The van der Waals surface area contributed by atoms with Crippen molar-refractivity contribution in [3.63, 3.8) is 0 Å². The lowest BCUT2D eigenvalue weighted by Crippen LogP contribution is -2.45. The van der Waals surface area contributed by atoms with Gasteiger partial charge in [0.15, 0.2) is 6.04 Å². The lowest BCUT2D eigenvalue weighted by Gasteiger charge is -2.33. The summed E-state index contributed by atoms with van der Waals surface area (Å²) < 4.78 is 16.5. The number of carboxylic acid groups (broad SMARTS) is 1. The van der Waals surface area contributed by atoms with E-state index in [0.717, 1.165) is 35.1 Å². The Kier molecular flexibility index (Phi) is 8.56. The molecule has 0 unspecified atom stereocenters. The molecular formula is C29H36N2O7. The number of carbonyl (C=O) groups is 3. The molecule has 1 saturated heterocycles. The van der Waals surface area contributed by atoms with E-state index in [1.54, 1.807) is 4.90 Å². The molecule has 1 fully saturated rings. The van der Waals surface area contributed by atoms with Crippen LogP contribution in [0.15, 0.2) is 48.5 Å². The lowest BCUT2D eigenvalue weighted by molar-refractivity contribution is -0.141. The molecule has 0 radical (unpaired) electrons. The molecule has 2 amide bonds. The standard InChI is InChI=1S/C29H36N2O7/c1-29(2,3)38-28(35)31-14-12-19(13-15-31)16-36-18-25(26(32)33)30-27(34)37-17-24-22-10-6-4-8-20(22)21-9-5-7-11-23(21)24/h4-11,19,24-25H,12-18H2,1-3H3,(H,30,34)(H,32,33)/t25-/m0/s1. The van der Waals surface area contributed by atoms with E-state index in [9.17, 15) is 19.5 Å². The summed E-state index contributed by atoms with van der Waals surface area (Å²) in [5.41, 5.74) is 3.86. The van der Waals surface area contributed by atoms with Crippen molar-refractivity contribution in [1.29, 1.82) is 0 Å². The first-order valence-corrected chi connectivity index (χ1v) is 13.0. The van der Waals surface area contributed by atoms with Crippen molar-refractivity contribution < 1.29 is 33.7 Å². The number of benzene rings is 2. The summed E-state index contributed by atoms with van der Waals surface area (Å²) >= 11 is 0. The number of aliphatic carboxylic acids is 1. The highest BCUT2D eigenvalue weighted by Gasteiger charge is 2.30. The zero-order valence-corrected chi connectivity index (χ0v) is 22.1. The van der Waals surface area contributed by atoms with Crippen LogP contribution in [0.3, 0.4) is 0 Å². The molecule has 4 rings (SSSR count). The summed E-state index contributed by atoms with van der Waals surface area (Å²) in [4.78, 5) is 38.1. The third-order valence-corrected chi connectivity index (χ3v) is 6.84. The van der Waals surface area contributed by atoms with Crippen molar-refractivity contribution >= 4 is 18.2 Å². The van der Waals surface area contributed by atoms with E-state index in [4.69, 9.17) is 14.2 Å². The molecule has 204 valence electrons. The molecule has 0 aromatic heterocycles. The fourth-order valence-electron chi connectivity index (χ4n) is 4.92. The molecule has 0 saturated carbocycles. The number of piperidine rings is 1. The van der Waals surface area contributed by atoms with Gasteiger partial charge in [-0.2, -0.15) is 0 Å². The number of carboxylic acids is 1. The largest absolute Gasteiger partial charge is 0.480 e. The molecule has 2 aromatic carbocycles. The van der Waals surface area contributed by atoms with E-state index in [-0.39, 0.29) is 31.1 Å². The number of ether oxygens (including phenoxy) is 3. The van der Waals surface area contributed by atoms with E-state index in [0.29, 0.717) is 19.7 Å². The van der Waals surface area contributed by atoms with Crippen LogP contribution in [0, 0.1) is 5.92 Å². The Bertz CT molecular complexity index is 1110. The average molecular weight is 525 g/mol. The summed E-state index contributed by atoms with van der Waals surface area (Å²) in [7, 11) is 0. The number of hydrogen-bond donors (Lipinski definition) is 2. The first-order valence-electron chi connectivity index (χ1n) is 13.0. The van der Waals surface area contributed by atoms with E-state index in [1.807, 2.05) is 69.3 Å². The van der Waals surface area contributed by atoms with Crippen LogP contribution in [0.5, 0.6) is 0 Å². The maximum absolute atomic E-state index is 12.5. The second-order valence-corrected chi connectivity index (χ2v) is 10.8. The third-order valence-electron chi connectivity index (χ3n) is 6.84. The number of amides is 2. The Morgan fingerprint density at radius 3 is 2.11 bits per heavy atom. The van der Waals surface area contributed by atoms with Crippen LogP contribution in [0.4, 0.5) is 9.59 Å². The van der Waals surface area contributed by atoms with Crippen LogP contribution in [-0.2, 0) is 19.0 Å². The van der Waals surface area contributed by atoms with Crippen molar-refractivity contribution in [3.05, 3.63) is 59.7 Å². The highest BCUT2D eigenvalue weighted by atomic mass is 16.6. The van der Waals surface area contributed by atoms with E-state index in [1.165, 1.54) is 0 Å². The highest BCUT2D eigenvalue weighted by Crippen LogP contribution is 2.44. The summed E-state index contributed by atoms with van der Waals surface area (Å²) in [6, 6.07) is 14.8. The zero-order chi connectivity index (χ0) is 27.3. The van der Waals surface area contributed by atoms with Gasteiger partial charge in [0.25, 0.3) is 0 Å². The average Bonchev–Trinajstić information content (AvgIpc) is 3.20. The summed E-state index contributed by atoms with van der Waals surface area (Å²) in [5, 5.41) is 12.0. The second kappa shape index (κ2) is 11.9. The van der Waals surface area contributed by atoms with Crippen molar-refractivity contribution in [3.8, 4) is 11.1 Å². The molecular weight excluding hydrogens is 488 g/mol. The fourth-order valence-corrected chi connectivity index (χ4v) is 4.92. The van der Waals surface area contributed by atoms with Crippen LogP contribution >= 0.6 is 0 Å². The summed E-state index contributed by atoms with van der Waals surface area (Å²) in [5.74, 6) is -1.12.